The van der Waals surface area contributed by atoms with Gasteiger partial charge < -0.3 is 20.3 Å². The number of carbonyl (C=O) groups excluding carboxylic acids is 1. The van der Waals surface area contributed by atoms with E-state index >= 15 is 0 Å². The number of hydrogen-bond donors (Lipinski definition) is 2. The number of nitrogens with one attached hydrogen (secondary N) is 2. The highest BCUT2D eigenvalue weighted by Gasteiger charge is 2.22. The van der Waals surface area contributed by atoms with E-state index in [1.807, 2.05) is 37.4 Å². The summed E-state index contributed by atoms with van der Waals surface area (Å²) in [5, 5.41) is 6.16. The fraction of sp³-hybridized carbons (Fsp3) is 0.600. The molecule has 0 aromatic heterocycles. The molecule has 0 spiro atoms. The predicted octanol–water partition coefficient (Wildman–Crippen LogP) is 2.27. The van der Waals surface area contributed by atoms with Crippen LogP contribution in [0.4, 0.5) is 0 Å². The Kier molecular flexibility index (Phi) is 8.79. The van der Waals surface area contributed by atoms with Crippen LogP contribution in [-0.2, 0) is 4.79 Å². The van der Waals surface area contributed by atoms with Gasteiger partial charge in [0.1, 0.15) is 5.75 Å². The van der Waals surface area contributed by atoms with Crippen LogP contribution >= 0.6 is 0 Å². The molecule has 1 heterocycles. The van der Waals surface area contributed by atoms with Crippen molar-refractivity contribution in [3.05, 3.63) is 30.3 Å². The summed E-state index contributed by atoms with van der Waals surface area (Å²) in [6.07, 6.45) is 4.77. The van der Waals surface area contributed by atoms with E-state index in [-0.39, 0.29) is 5.91 Å². The van der Waals surface area contributed by atoms with Gasteiger partial charge in [0.25, 0.3) is 0 Å². The molecule has 1 fully saturated rings. The number of guanidine groups is 1. The Bertz CT molecular complexity index is 554. The van der Waals surface area contributed by atoms with E-state index in [1.54, 1.807) is 7.05 Å². The number of benzene rings is 1. The zero-order valence-corrected chi connectivity index (χ0v) is 16.0. The number of unbranched alkanes of at least 4 members (excludes halogenated alkanes) is 1. The Labute approximate surface area is 157 Å². The maximum Gasteiger partial charge on any atom is 0.220 e. The molecule has 0 atom stereocenters. The fourth-order valence-electron chi connectivity index (χ4n) is 3.18. The van der Waals surface area contributed by atoms with Crippen LogP contribution in [0.3, 0.4) is 0 Å². The molecule has 0 unspecified atom stereocenters. The number of likely N-dealkylation sites (tertiary alicyclic amines) is 1. The molecule has 0 saturated carbocycles. The minimum atomic E-state index is 0.142. The van der Waals surface area contributed by atoms with Gasteiger partial charge >= 0.3 is 0 Å². The van der Waals surface area contributed by atoms with Crippen molar-refractivity contribution >= 4 is 11.9 Å². The molecule has 1 aliphatic heterocycles. The first-order valence-electron chi connectivity index (χ1n) is 9.57. The van der Waals surface area contributed by atoms with E-state index in [0.29, 0.717) is 12.3 Å². The molecule has 0 aliphatic carbocycles. The largest absolute Gasteiger partial charge is 0.494 e. The summed E-state index contributed by atoms with van der Waals surface area (Å²) < 4.78 is 5.71. The molecule has 6 heteroatoms. The third-order valence-corrected chi connectivity index (χ3v) is 4.74. The molecule has 1 aliphatic rings. The first-order chi connectivity index (χ1) is 12.7. The average Bonchev–Trinajstić information content (AvgIpc) is 2.69. The standard InChI is InChI=1S/C20H32N4O2/c1-21-19(25)16-17-10-13-24(14-11-17)20(22-2)23-12-6-7-15-26-18-8-4-3-5-9-18/h3-5,8-9,17H,6-7,10-16H2,1-2H3,(H,21,25)(H,22,23). The molecular weight excluding hydrogens is 328 g/mol. The van der Waals surface area contributed by atoms with Gasteiger partial charge in [0.15, 0.2) is 5.96 Å². The topological polar surface area (TPSA) is 66.0 Å². The first kappa shape index (κ1) is 20.1. The second kappa shape index (κ2) is 11.4. The Hall–Kier alpha value is -2.24. The van der Waals surface area contributed by atoms with Gasteiger partial charge in [-0.25, -0.2) is 0 Å². The lowest BCUT2D eigenvalue weighted by atomic mass is 9.93. The monoisotopic (exact) mass is 360 g/mol. The number of rotatable bonds is 8. The fourth-order valence-corrected chi connectivity index (χ4v) is 3.18. The summed E-state index contributed by atoms with van der Waals surface area (Å²) in [5.74, 6) is 2.52. The third-order valence-electron chi connectivity index (χ3n) is 4.74. The number of carbonyl (C=O) groups is 1. The van der Waals surface area contributed by atoms with Crippen LogP contribution < -0.4 is 15.4 Å². The van der Waals surface area contributed by atoms with Gasteiger partial charge in [0.2, 0.25) is 5.91 Å². The number of ether oxygens (including phenoxy) is 1. The Balaban J connectivity index is 1.59. The van der Waals surface area contributed by atoms with E-state index in [4.69, 9.17) is 4.74 Å². The molecule has 1 saturated heterocycles. The quantitative estimate of drug-likeness (QED) is 0.424. The maximum absolute atomic E-state index is 11.5. The first-order valence-corrected chi connectivity index (χ1v) is 9.57. The van der Waals surface area contributed by atoms with Crippen LogP contribution in [0.2, 0.25) is 0 Å². The predicted molar refractivity (Wildman–Crippen MR) is 106 cm³/mol. The average molecular weight is 361 g/mol. The summed E-state index contributed by atoms with van der Waals surface area (Å²) in [5.41, 5.74) is 0. The van der Waals surface area contributed by atoms with Gasteiger partial charge in [-0.1, -0.05) is 18.2 Å². The lowest BCUT2D eigenvalue weighted by molar-refractivity contribution is -0.121. The smallest absolute Gasteiger partial charge is 0.220 e. The molecule has 26 heavy (non-hydrogen) atoms. The zero-order valence-electron chi connectivity index (χ0n) is 16.0. The van der Waals surface area contributed by atoms with Gasteiger partial charge in [-0.3, -0.25) is 9.79 Å². The molecular formula is C20H32N4O2. The molecule has 0 radical (unpaired) electrons. The maximum atomic E-state index is 11.5. The SMILES string of the molecule is CN=C(NCCCCOc1ccccc1)N1CCC(CC(=O)NC)CC1. The van der Waals surface area contributed by atoms with Crippen molar-refractivity contribution in [2.45, 2.75) is 32.1 Å². The highest BCUT2D eigenvalue weighted by Crippen LogP contribution is 2.20. The third kappa shape index (κ3) is 6.94. The second-order valence-corrected chi connectivity index (χ2v) is 6.65. The molecule has 1 aromatic rings. The summed E-state index contributed by atoms with van der Waals surface area (Å²) in [4.78, 5) is 18.2. The van der Waals surface area contributed by atoms with Crippen molar-refractivity contribution in [2.75, 3.05) is 40.3 Å². The molecule has 0 bridgehead atoms. The van der Waals surface area contributed by atoms with Crippen molar-refractivity contribution in [1.29, 1.82) is 0 Å². The normalized spacial score (nSPS) is 15.6. The van der Waals surface area contributed by atoms with Gasteiger partial charge in [-0.15, -0.1) is 0 Å². The molecule has 2 N–H and O–H groups in total. The van der Waals surface area contributed by atoms with Crippen LogP contribution in [0, 0.1) is 5.92 Å². The van der Waals surface area contributed by atoms with Crippen LogP contribution in [0.15, 0.2) is 35.3 Å². The van der Waals surface area contributed by atoms with Crippen molar-refractivity contribution in [2.24, 2.45) is 10.9 Å². The van der Waals surface area contributed by atoms with Gasteiger partial charge in [0, 0.05) is 40.2 Å². The van der Waals surface area contributed by atoms with Gasteiger partial charge in [0.05, 0.1) is 6.61 Å². The van der Waals surface area contributed by atoms with E-state index in [1.165, 1.54) is 0 Å². The minimum Gasteiger partial charge on any atom is -0.494 e. The summed E-state index contributed by atoms with van der Waals surface area (Å²) in [7, 11) is 3.53. The van der Waals surface area contributed by atoms with Crippen LogP contribution in [0.5, 0.6) is 5.75 Å². The number of para-hydroxylation sites is 1. The Morgan fingerprint density at radius 2 is 1.96 bits per heavy atom. The lowest BCUT2D eigenvalue weighted by Crippen LogP contribution is -2.46. The Morgan fingerprint density at radius 3 is 2.62 bits per heavy atom. The molecule has 6 nitrogen and oxygen atoms in total. The Morgan fingerprint density at radius 1 is 1.23 bits per heavy atom. The molecule has 1 aromatic carbocycles. The molecule has 1 amide bonds. The van der Waals surface area contributed by atoms with Crippen molar-refractivity contribution in [3.8, 4) is 5.75 Å². The lowest BCUT2D eigenvalue weighted by Gasteiger charge is -2.34. The van der Waals surface area contributed by atoms with Crippen molar-refractivity contribution in [1.82, 2.24) is 15.5 Å². The highest BCUT2D eigenvalue weighted by atomic mass is 16.5. The van der Waals surface area contributed by atoms with Crippen molar-refractivity contribution < 1.29 is 9.53 Å². The summed E-state index contributed by atoms with van der Waals surface area (Å²) in [6.45, 7) is 3.54. The molecule has 144 valence electrons. The van der Waals surface area contributed by atoms with Crippen LogP contribution in [-0.4, -0.2) is 57.1 Å². The van der Waals surface area contributed by atoms with Gasteiger partial charge in [-0.2, -0.15) is 0 Å². The summed E-state index contributed by atoms with van der Waals surface area (Å²) in [6, 6.07) is 9.92. The van der Waals surface area contributed by atoms with Crippen LogP contribution in [0.25, 0.3) is 0 Å². The van der Waals surface area contributed by atoms with Gasteiger partial charge in [-0.05, 0) is 43.7 Å². The number of hydrogen-bond acceptors (Lipinski definition) is 3. The highest BCUT2D eigenvalue weighted by molar-refractivity contribution is 5.80. The summed E-state index contributed by atoms with van der Waals surface area (Å²) >= 11 is 0. The molecule has 2 rings (SSSR count). The minimum absolute atomic E-state index is 0.142. The number of amides is 1. The van der Waals surface area contributed by atoms with Crippen molar-refractivity contribution in [3.63, 3.8) is 0 Å². The van der Waals surface area contributed by atoms with E-state index < -0.39 is 0 Å². The van der Waals surface area contributed by atoms with E-state index in [0.717, 1.165) is 63.6 Å². The zero-order chi connectivity index (χ0) is 18.6. The second-order valence-electron chi connectivity index (χ2n) is 6.65. The number of piperidine rings is 1. The van der Waals surface area contributed by atoms with E-state index in [2.05, 4.69) is 20.5 Å². The van der Waals surface area contributed by atoms with Crippen LogP contribution in [0.1, 0.15) is 32.1 Å². The number of aliphatic imine (C=N–C) groups is 1. The number of nitrogens with zero attached hydrogens (tertiary/aromatic N) is 2. The van der Waals surface area contributed by atoms with E-state index in [9.17, 15) is 4.79 Å².